The Kier molecular flexibility index (Phi) is 8.26. The normalized spacial score (nSPS) is 11.5. The number of ketones is 1. The Morgan fingerprint density at radius 2 is 1.61 bits per heavy atom. The summed E-state index contributed by atoms with van der Waals surface area (Å²) in [7, 11) is 0. The molecular weight excluding hydrogens is 461 g/mol. The molecule has 0 unspecified atom stereocenters. The molecule has 7 heteroatoms. The van der Waals surface area contributed by atoms with Crippen LogP contribution in [0, 0.1) is 0 Å². The zero-order valence-electron chi connectivity index (χ0n) is 18.2. The molecule has 0 heterocycles. The molecule has 0 fully saturated rings. The Hall–Kier alpha value is -3.15. The molecule has 0 bridgehead atoms. The number of benzene rings is 3. The maximum atomic E-state index is 12.9. The van der Waals surface area contributed by atoms with Gasteiger partial charge in [-0.3, -0.25) is 9.59 Å². The van der Waals surface area contributed by atoms with Crippen LogP contribution in [0.3, 0.4) is 0 Å². The molecule has 3 aromatic carbocycles. The minimum atomic E-state index is -0.993. The molecule has 0 aromatic heterocycles. The zero-order valence-corrected chi connectivity index (χ0v) is 19.7. The highest BCUT2D eigenvalue weighted by Crippen LogP contribution is 2.27. The van der Waals surface area contributed by atoms with E-state index in [1.807, 2.05) is 42.5 Å². The predicted octanol–water partition coefficient (Wildman–Crippen LogP) is 5.77. The van der Waals surface area contributed by atoms with Gasteiger partial charge in [-0.2, -0.15) is 0 Å². The minimum Gasteiger partial charge on any atom is -0.464 e. The first kappa shape index (κ1) is 24.5. The molecule has 1 N–H and O–H groups in total. The molecule has 0 radical (unpaired) electrons. The Labute approximate surface area is 202 Å². The zero-order chi connectivity index (χ0) is 24.0. The maximum absolute atomic E-state index is 12.9. The quantitative estimate of drug-likeness (QED) is 0.326. The van der Waals surface area contributed by atoms with Crippen molar-refractivity contribution in [2.24, 2.45) is 0 Å². The van der Waals surface area contributed by atoms with E-state index in [1.165, 1.54) is 6.92 Å². The standard InChI is InChI=1S/C26H23Cl2NO4/c1-3-33-26(32)23(29-25(31)24-21(27)10-7-11-22(24)28)15-17-12-13-19(20(14-17)16(2)30)18-8-5-4-6-9-18/h4-14,23H,3,15H2,1-2H3,(H,29,31)/t23-/m0/s1. The molecular formula is C26H23Cl2NO4. The lowest BCUT2D eigenvalue weighted by Crippen LogP contribution is -2.43. The lowest BCUT2D eigenvalue weighted by atomic mass is 9.93. The lowest BCUT2D eigenvalue weighted by molar-refractivity contribution is -0.145. The van der Waals surface area contributed by atoms with Gasteiger partial charge in [0.25, 0.3) is 5.91 Å². The largest absolute Gasteiger partial charge is 0.464 e. The Morgan fingerprint density at radius 3 is 2.21 bits per heavy atom. The van der Waals surface area contributed by atoms with E-state index in [0.29, 0.717) is 11.1 Å². The molecule has 0 aliphatic carbocycles. The smallest absolute Gasteiger partial charge is 0.328 e. The summed E-state index contributed by atoms with van der Waals surface area (Å²) in [6.07, 6.45) is 0.127. The van der Waals surface area contributed by atoms with Gasteiger partial charge in [-0.25, -0.2) is 4.79 Å². The van der Waals surface area contributed by atoms with Crippen LogP contribution in [0.4, 0.5) is 0 Å². The fourth-order valence-electron chi connectivity index (χ4n) is 3.50. The monoisotopic (exact) mass is 483 g/mol. The van der Waals surface area contributed by atoms with Crippen LogP contribution < -0.4 is 5.32 Å². The van der Waals surface area contributed by atoms with E-state index in [1.54, 1.807) is 31.2 Å². The van der Waals surface area contributed by atoms with Crippen LogP contribution >= 0.6 is 23.2 Å². The summed E-state index contributed by atoms with van der Waals surface area (Å²) in [5.74, 6) is -1.28. The van der Waals surface area contributed by atoms with Crippen LogP contribution in [0.5, 0.6) is 0 Å². The number of amides is 1. The van der Waals surface area contributed by atoms with E-state index in [-0.39, 0.29) is 34.4 Å². The van der Waals surface area contributed by atoms with E-state index < -0.39 is 17.9 Å². The van der Waals surface area contributed by atoms with Crippen molar-refractivity contribution in [3.8, 4) is 11.1 Å². The number of esters is 1. The highest BCUT2D eigenvalue weighted by molar-refractivity contribution is 6.39. The van der Waals surface area contributed by atoms with Crippen LogP contribution in [0.1, 0.15) is 40.1 Å². The molecule has 3 rings (SSSR count). The number of nitrogens with one attached hydrogen (secondary N) is 1. The van der Waals surface area contributed by atoms with Crippen molar-refractivity contribution < 1.29 is 19.1 Å². The summed E-state index contributed by atoms with van der Waals surface area (Å²) < 4.78 is 5.16. The molecule has 3 aromatic rings. The molecule has 1 amide bonds. The Bertz CT molecular complexity index is 1160. The van der Waals surface area contributed by atoms with E-state index in [0.717, 1.165) is 11.1 Å². The lowest BCUT2D eigenvalue weighted by Gasteiger charge is -2.19. The van der Waals surface area contributed by atoms with E-state index in [4.69, 9.17) is 27.9 Å². The number of hydrogen-bond acceptors (Lipinski definition) is 4. The summed E-state index contributed by atoms with van der Waals surface area (Å²) in [5, 5.41) is 3.03. The second-order valence-electron chi connectivity index (χ2n) is 7.38. The van der Waals surface area contributed by atoms with Gasteiger partial charge in [-0.05, 0) is 48.7 Å². The fourth-order valence-corrected chi connectivity index (χ4v) is 4.07. The first-order valence-electron chi connectivity index (χ1n) is 10.4. The average molecular weight is 484 g/mol. The van der Waals surface area contributed by atoms with Gasteiger partial charge in [-0.1, -0.05) is 71.7 Å². The van der Waals surface area contributed by atoms with Crippen LogP contribution in [0.25, 0.3) is 11.1 Å². The third-order valence-electron chi connectivity index (χ3n) is 5.05. The van der Waals surface area contributed by atoms with Gasteiger partial charge in [0.05, 0.1) is 22.2 Å². The molecule has 0 aliphatic heterocycles. The molecule has 0 saturated carbocycles. The highest BCUT2D eigenvalue weighted by Gasteiger charge is 2.26. The average Bonchev–Trinajstić information content (AvgIpc) is 2.79. The molecule has 0 saturated heterocycles. The SMILES string of the molecule is CCOC(=O)[C@H](Cc1ccc(-c2ccccc2)c(C(C)=O)c1)NC(=O)c1c(Cl)cccc1Cl. The van der Waals surface area contributed by atoms with E-state index >= 15 is 0 Å². The van der Waals surface area contributed by atoms with Crippen molar-refractivity contribution in [3.05, 3.63) is 93.5 Å². The Morgan fingerprint density at radius 1 is 0.939 bits per heavy atom. The third kappa shape index (κ3) is 6.01. The van der Waals surface area contributed by atoms with Crippen LogP contribution in [0.2, 0.25) is 10.0 Å². The van der Waals surface area contributed by atoms with Crippen molar-refractivity contribution >= 4 is 40.9 Å². The first-order chi connectivity index (χ1) is 15.8. The van der Waals surface area contributed by atoms with Gasteiger partial charge in [0.1, 0.15) is 6.04 Å². The van der Waals surface area contributed by atoms with Crippen molar-refractivity contribution in [1.29, 1.82) is 0 Å². The van der Waals surface area contributed by atoms with Crippen molar-refractivity contribution in [3.63, 3.8) is 0 Å². The van der Waals surface area contributed by atoms with Crippen molar-refractivity contribution in [2.75, 3.05) is 6.61 Å². The molecule has 0 aliphatic rings. The van der Waals surface area contributed by atoms with Crippen molar-refractivity contribution in [1.82, 2.24) is 5.32 Å². The van der Waals surface area contributed by atoms with Gasteiger partial charge in [0, 0.05) is 12.0 Å². The summed E-state index contributed by atoms with van der Waals surface area (Å²) in [6, 6.07) is 18.7. The van der Waals surface area contributed by atoms with E-state index in [9.17, 15) is 14.4 Å². The molecule has 170 valence electrons. The summed E-state index contributed by atoms with van der Waals surface area (Å²) in [5.41, 5.74) is 3.02. The Balaban J connectivity index is 1.92. The van der Waals surface area contributed by atoms with Gasteiger partial charge < -0.3 is 10.1 Å². The van der Waals surface area contributed by atoms with Gasteiger partial charge >= 0.3 is 5.97 Å². The molecule has 5 nitrogen and oxygen atoms in total. The number of halogens is 2. The molecule has 0 spiro atoms. The fraction of sp³-hybridized carbons (Fsp3) is 0.192. The number of ether oxygens (including phenoxy) is 1. The number of rotatable bonds is 8. The number of hydrogen-bond donors (Lipinski definition) is 1. The molecule has 33 heavy (non-hydrogen) atoms. The first-order valence-corrected chi connectivity index (χ1v) is 11.2. The second kappa shape index (κ2) is 11.1. The second-order valence-corrected chi connectivity index (χ2v) is 8.20. The van der Waals surface area contributed by atoms with Crippen LogP contribution in [0.15, 0.2) is 66.7 Å². The predicted molar refractivity (Wildman–Crippen MR) is 130 cm³/mol. The van der Waals surface area contributed by atoms with Gasteiger partial charge in [-0.15, -0.1) is 0 Å². The summed E-state index contributed by atoms with van der Waals surface area (Å²) in [4.78, 5) is 37.9. The van der Waals surface area contributed by atoms with Crippen LogP contribution in [-0.4, -0.2) is 30.3 Å². The summed E-state index contributed by atoms with van der Waals surface area (Å²) in [6.45, 7) is 3.34. The highest BCUT2D eigenvalue weighted by atomic mass is 35.5. The minimum absolute atomic E-state index is 0.0824. The number of carbonyl (C=O) groups excluding carboxylic acids is 3. The van der Waals surface area contributed by atoms with Crippen molar-refractivity contribution in [2.45, 2.75) is 26.3 Å². The maximum Gasteiger partial charge on any atom is 0.328 e. The van der Waals surface area contributed by atoms with Gasteiger partial charge in [0.15, 0.2) is 5.78 Å². The number of carbonyl (C=O) groups is 3. The van der Waals surface area contributed by atoms with Gasteiger partial charge in [0.2, 0.25) is 0 Å². The van der Waals surface area contributed by atoms with E-state index in [2.05, 4.69) is 5.32 Å². The third-order valence-corrected chi connectivity index (χ3v) is 5.68. The summed E-state index contributed by atoms with van der Waals surface area (Å²) >= 11 is 12.3. The molecule has 1 atom stereocenters. The van der Waals surface area contributed by atoms with Crippen LogP contribution in [-0.2, 0) is 16.0 Å². The number of Topliss-reactive ketones (excluding diaryl/α,β-unsaturated/α-hetero) is 1. The topological polar surface area (TPSA) is 72.5 Å².